The van der Waals surface area contributed by atoms with E-state index in [1.807, 2.05) is 0 Å². The predicted molar refractivity (Wildman–Crippen MR) is 59.2 cm³/mol. The third-order valence-corrected chi connectivity index (χ3v) is 2.15. The van der Waals surface area contributed by atoms with Crippen molar-refractivity contribution in [2.45, 2.75) is 25.1 Å². The average molecular weight is 272 g/mol. The number of hydrogen-bond donors (Lipinski definition) is 3. The van der Waals surface area contributed by atoms with Gasteiger partial charge in [-0.3, -0.25) is 0 Å². The molecule has 0 bridgehead atoms. The molecule has 17 heavy (non-hydrogen) atoms. The predicted octanol–water partition coefficient (Wildman–Crippen LogP) is 2.86. The molecule has 0 fully saturated rings. The van der Waals surface area contributed by atoms with Gasteiger partial charge in [0.2, 0.25) is 0 Å². The smallest absolute Gasteiger partial charge is 0.389 e. The summed E-state index contributed by atoms with van der Waals surface area (Å²) in [4.78, 5) is 0. The number of hydrogen-bond acceptors (Lipinski definition) is 3. The molecular formula is C10H13ClF3NO2. The topological polar surface area (TPSA) is 66.5 Å². The quantitative estimate of drug-likeness (QED) is 0.741. The Morgan fingerprint density at radius 1 is 1.24 bits per heavy atom. The number of alkyl halides is 3. The summed E-state index contributed by atoms with van der Waals surface area (Å²) < 4.78 is 35.8. The van der Waals surface area contributed by atoms with Gasteiger partial charge in [-0.15, -0.1) is 12.4 Å². The zero-order chi connectivity index (χ0) is 12.3. The number of aromatic hydroxyl groups is 2. The van der Waals surface area contributed by atoms with E-state index in [1.165, 1.54) is 12.1 Å². The van der Waals surface area contributed by atoms with E-state index in [9.17, 15) is 18.3 Å². The molecule has 1 aromatic rings. The van der Waals surface area contributed by atoms with E-state index in [2.05, 4.69) is 0 Å². The summed E-state index contributed by atoms with van der Waals surface area (Å²) in [5, 5.41) is 18.5. The highest BCUT2D eigenvalue weighted by molar-refractivity contribution is 5.85. The van der Waals surface area contributed by atoms with Gasteiger partial charge >= 0.3 is 6.18 Å². The lowest BCUT2D eigenvalue weighted by atomic mass is 10.0. The molecule has 98 valence electrons. The number of benzene rings is 1. The van der Waals surface area contributed by atoms with E-state index in [-0.39, 0.29) is 35.9 Å². The van der Waals surface area contributed by atoms with Gasteiger partial charge in [-0.25, -0.2) is 0 Å². The minimum atomic E-state index is -4.27. The molecule has 3 nitrogen and oxygen atoms in total. The second-order valence-electron chi connectivity index (χ2n) is 3.50. The number of rotatable bonds is 3. The first-order valence-electron chi connectivity index (χ1n) is 4.64. The van der Waals surface area contributed by atoms with Crippen molar-refractivity contribution < 1.29 is 23.4 Å². The molecule has 0 aliphatic heterocycles. The second kappa shape index (κ2) is 5.97. The normalized spacial score (nSPS) is 12.9. The Morgan fingerprint density at radius 3 is 2.35 bits per heavy atom. The van der Waals surface area contributed by atoms with Crippen LogP contribution in [0, 0.1) is 0 Å². The van der Waals surface area contributed by atoms with E-state index in [0.29, 0.717) is 0 Å². The molecule has 0 amide bonds. The lowest BCUT2D eigenvalue weighted by Crippen LogP contribution is -2.15. The Morgan fingerprint density at radius 2 is 1.82 bits per heavy atom. The molecule has 0 saturated carbocycles. The summed E-state index contributed by atoms with van der Waals surface area (Å²) in [5.41, 5.74) is 5.62. The van der Waals surface area contributed by atoms with Crippen LogP contribution in [0.15, 0.2) is 18.2 Å². The third-order valence-electron chi connectivity index (χ3n) is 2.15. The molecule has 0 heterocycles. The molecule has 0 spiro atoms. The van der Waals surface area contributed by atoms with Crippen molar-refractivity contribution in [2.24, 2.45) is 5.73 Å². The lowest BCUT2D eigenvalue weighted by Gasteiger charge is -2.15. The van der Waals surface area contributed by atoms with Crippen molar-refractivity contribution in [3.8, 4) is 11.5 Å². The van der Waals surface area contributed by atoms with E-state index in [4.69, 9.17) is 10.8 Å². The van der Waals surface area contributed by atoms with Gasteiger partial charge in [0, 0.05) is 18.0 Å². The molecular weight excluding hydrogens is 259 g/mol. The van der Waals surface area contributed by atoms with Crippen LogP contribution in [0.3, 0.4) is 0 Å². The van der Waals surface area contributed by atoms with Crippen LogP contribution in [0.25, 0.3) is 0 Å². The summed E-state index contributed by atoms with van der Waals surface area (Å²) in [7, 11) is 0. The van der Waals surface area contributed by atoms with Gasteiger partial charge in [-0.2, -0.15) is 13.2 Å². The monoisotopic (exact) mass is 271 g/mol. The molecule has 0 saturated heterocycles. The Bertz CT molecular complexity index is 371. The molecule has 0 radical (unpaired) electrons. The summed E-state index contributed by atoms with van der Waals surface area (Å²) in [6.45, 7) is 0. The van der Waals surface area contributed by atoms with Crippen molar-refractivity contribution >= 4 is 12.4 Å². The Kier molecular flexibility index (Phi) is 5.57. The molecule has 7 heteroatoms. The number of phenols is 2. The van der Waals surface area contributed by atoms with Crippen LogP contribution in [0.2, 0.25) is 0 Å². The second-order valence-corrected chi connectivity index (χ2v) is 3.50. The number of halogens is 4. The number of nitrogens with two attached hydrogens (primary N) is 1. The molecule has 4 N–H and O–H groups in total. The van der Waals surface area contributed by atoms with Crippen molar-refractivity contribution in [1.82, 2.24) is 0 Å². The van der Waals surface area contributed by atoms with Gasteiger partial charge in [0.25, 0.3) is 0 Å². The van der Waals surface area contributed by atoms with Gasteiger partial charge < -0.3 is 15.9 Å². The van der Waals surface area contributed by atoms with Gasteiger partial charge in [0.05, 0.1) is 0 Å². The third kappa shape index (κ3) is 5.14. The minimum absolute atomic E-state index is 0. The standard InChI is InChI=1S/C10H12F3NO2.ClH/c11-10(12,13)4-3-8(14)7-5-6(15)1-2-9(7)16;/h1-2,5,8,15-16H,3-4,14H2;1H/t8-;/m1./s1. The Balaban J connectivity index is 0.00000256. The van der Waals surface area contributed by atoms with E-state index >= 15 is 0 Å². The van der Waals surface area contributed by atoms with Crippen LogP contribution in [0.1, 0.15) is 24.4 Å². The fourth-order valence-electron chi connectivity index (χ4n) is 1.31. The van der Waals surface area contributed by atoms with Crippen LogP contribution < -0.4 is 5.73 Å². The zero-order valence-electron chi connectivity index (χ0n) is 8.74. The highest BCUT2D eigenvalue weighted by atomic mass is 35.5. The van der Waals surface area contributed by atoms with Gasteiger partial charge in [-0.1, -0.05) is 0 Å². The van der Waals surface area contributed by atoms with Crippen LogP contribution in [0.4, 0.5) is 13.2 Å². The highest BCUT2D eigenvalue weighted by Crippen LogP contribution is 2.31. The van der Waals surface area contributed by atoms with Crippen molar-refractivity contribution in [3.05, 3.63) is 23.8 Å². The van der Waals surface area contributed by atoms with E-state index < -0.39 is 18.6 Å². The van der Waals surface area contributed by atoms with Crippen LogP contribution in [-0.4, -0.2) is 16.4 Å². The average Bonchev–Trinajstić information content (AvgIpc) is 2.17. The molecule has 0 aromatic heterocycles. The van der Waals surface area contributed by atoms with Crippen LogP contribution >= 0.6 is 12.4 Å². The van der Waals surface area contributed by atoms with Gasteiger partial charge in [0.1, 0.15) is 11.5 Å². The maximum Gasteiger partial charge on any atom is 0.389 e. The molecule has 1 rings (SSSR count). The summed E-state index contributed by atoms with van der Waals surface area (Å²) in [6.07, 6.45) is -5.63. The maximum atomic E-state index is 11.9. The molecule has 0 aliphatic carbocycles. The first kappa shape index (κ1) is 15.9. The molecule has 0 unspecified atom stereocenters. The fraction of sp³-hybridized carbons (Fsp3) is 0.400. The maximum absolute atomic E-state index is 11.9. The van der Waals surface area contributed by atoms with Crippen molar-refractivity contribution in [3.63, 3.8) is 0 Å². The molecule has 1 atom stereocenters. The SMILES string of the molecule is Cl.N[C@H](CCC(F)(F)F)c1cc(O)ccc1O. The van der Waals surface area contributed by atoms with Crippen molar-refractivity contribution in [1.29, 1.82) is 0 Å². The summed E-state index contributed by atoms with van der Waals surface area (Å²) >= 11 is 0. The van der Waals surface area contributed by atoms with E-state index in [0.717, 1.165) is 6.07 Å². The first-order valence-corrected chi connectivity index (χ1v) is 4.64. The molecule has 1 aromatic carbocycles. The van der Waals surface area contributed by atoms with Crippen molar-refractivity contribution in [2.75, 3.05) is 0 Å². The van der Waals surface area contributed by atoms with Gasteiger partial charge in [0.15, 0.2) is 0 Å². The highest BCUT2D eigenvalue weighted by Gasteiger charge is 2.28. The summed E-state index contributed by atoms with van der Waals surface area (Å²) in [6, 6.07) is 2.64. The largest absolute Gasteiger partial charge is 0.508 e. The Labute approximate surface area is 102 Å². The van der Waals surface area contributed by atoms with Crippen LogP contribution in [-0.2, 0) is 0 Å². The fourth-order valence-corrected chi connectivity index (χ4v) is 1.31. The van der Waals surface area contributed by atoms with Crippen LogP contribution in [0.5, 0.6) is 11.5 Å². The summed E-state index contributed by atoms with van der Waals surface area (Å²) in [5.74, 6) is -0.359. The molecule has 0 aliphatic rings. The first-order chi connectivity index (χ1) is 7.29. The zero-order valence-corrected chi connectivity index (χ0v) is 9.55. The Hall–Kier alpha value is -1.14. The number of phenolic OH excluding ortho intramolecular Hbond substituents is 2. The lowest BCUT2D eigenvalue weighted by molar-refractivity contribution is -0.136. The van der Waals surface area contributed by atoms with Gasteiger partial charge in [-0.05, 0) is 24.6 Å². The van der Waals surface area contributed by atoms with E-state index in [1.54, 1.807) is 0 Å². The minimum Gasteiger partial charge on any atom is -0.508 e.